The molecule has 1 aromatic carbocycles. The zero-order valence-corrected chi connectivity index (χ0v) is 15.6. The van der Waals surface area contributed by atoms with Crippen molar-refractivity contribution in [3.05, 3.63) is 63.5 Å². The van der Waals surface area contributed by atoms with Crippen molar-refractivity contribution in [1.29, 1.82) is 0 Å². The van der Waals surface area contributed by atoms with E-state index < -0.39 is 0 Å². The number of Topliss-reactive ketones (excluding diaryl/α,β-unsaturated/α-hetero) is 1. The van der Waals surface area contributed by atoms with Crippen molar-refractivity contribution in [3.8, 4) is 11.3 Å². The maximum absolute atomic E-state index is 12.8. The lowest BCUT2D eigenvalue weighted by Crippen LogP contribution is -2.16. The number of aryl methyl sites for hydroxylation is 3. The molecule has 0 saturated carbocycles. The molecule has 4 nitrogen and oxygen atoms in total. The number of benzene rings is 1. The lowest BCUT2D eigenvalue weighted by atomic mass is 9.93. The summed E-state index contributed by atoms with van der Waals surface area (Å²) in [5, 5.41) is 4.31. The number of aromatic nitrogens is 2. The van der Waals surface area contributed by atoms with Crippen LogP contribution >= 0.6 is 11.3 Å². The van der Waals surface area contributed by atoms with Gasteiger partial charge < -0.3 is 5.73 Å². The Morgan fingerprint density at radius 3 is 2.60 bits per heavy atom. The molecule has 0 aliphatic heterocycles. The Labute approximate surface area is 152 Å². The third kappa shape index (κ3) is 3.57. The Morgan fingerprint density at radius 2 is 2.00 bits per heavy atom. The zero-order chi connectivity index (χ0) is 18.0. The molecule has 130 valence electrons. The first-order chi connectivity index (χ1) is 12.0. The summed E-state index contributed by atoms with van der Waals surface area (Å²) < 4.78 is 1.87. The average molecular weight is 353 g/mol. The Morgan fingerprint density at radius 1 is 1.28 bits per heavy atom. The zero-order valence-electron chi connectivity index (χ0n) is 14.8. The van der Waals surface area contributed by atoms with E-state index in [1.807, 2.05) is 61.2 Å². The predicted octanol–water partition coefficient (Wildman–Crippen LogP) is 4.08. The quantitative estimate of drug-likeness (QED) is 0.679. The van der Waals surface area contributed by atoms with Gasteiger partial charge in [0.1, 0.15) is 0 Å². The van der Waals surface area contributed by atoms with Gasteiger partial charge in [0, 0.05) is 29.8 Å². The number of nitrogens with zero attached hydrogens (tertiary/aromatic N) is 2. The summed E-state index contributed by atoms with van der Waals surface area (Å²) in [5.41, 5.74) is 10.3. The standard InChI is InChI=1S/C20H23N3OS/c1-13-12-22-23(3)20(13)17-10-19(25-14(17)2)18(24)9-16(11-21)15-7-5-4-6-8-15/h4-8,10,12,16H,9,11,21H2,1-3H3/t16-/m1/s1. The largest absolute Gasteiger partial charge is 0.330 e. The van der Waals surface area contributed by atoms with Crippen molar-refractivity contribution in [2.45, 2.75) is 26.2 Å². The number of nitrogens with two attached hydrogens (primary N) is 1. The summed E-state index contributed by atoms with van der Waals surface area (Å²) in [5.74, 6) is 0.205. The number of ketones is 1. The second-order valence-electron chi connectivity index (χ2n) is 6.35. The molecular weight excluding hydrogens is 330 g/mol. The fraction of sp³-hybridized carbons (Fsp3) is 0.300. The minimum absolute atomic E-state index is 0.0537. The number of rotatable bonds is 6. The van der Waals surface area contributed by atoms with Crippen molar-refractivity contribution in [2.75, 3.05) is 6.54 Å². The van der Waals surface area contributed by atoms with Crippen LogP contribution in [0.5, 0.6) is 0 Å². The predicted molar refractivity (Wildman–Crippen MR) is 103 cm³/mol. The Balaban J connectivity index is 1.85. The first kappa shape index (κ1) is 17.6. The van der Waals surface area contributed by atoms with E-state index in [0.29, 0.717) is 13.0 Å². The smallest absolute Gasteiger partial charge is 0.173 e. The van der Waals surface area contributed by atoms with Crippen molar-refractivity contribution < 1.29 is 4.79 Å². The van der Waals surface area contributed by atoms with Crippen LogP contribution in [0.4, 0.5) is 0 Å². The van der Waals surface area contributed by atoms with E-state index in [-0.39, 0.29) is 11.7 Å². The van der Waals surface area contributed by atoms with Crippen LogP contribution in [0, 0.1) is 13.8 Å². The van der Waals surface area contributed by atoms with Crippen LogP contribution in [0.15, 0.2) is 42.6 Å². The molecule has 0 spiro atoms. The minimum Gasteiger partial charge on any atom is -0.330 e. The highest BCUT2D eigenvalue weighted by molar-refractivity contribution is 7.14. The van der Waals surface area contributed by atoms with E-state index >= 15 is 0 Å². The molecule has 2 heterocycles. The molecule has 0 saturated heterocycles. The van der Waals surface area contributed by atoms with Crippen LogP contribution in [0.25, 0.3) is 11.3 Å². The first-order valence-electron chi connectivity index (χ1n) is 8.39. The fourth-order valence-corrected chi connectivity index (χ4v) is 4.14. The van der Waals surface area contributed by atoms with Gasteiger partial charge in [-0.05, 0) is 37.6 Å². The van der Waals surface area contributed by atoms with Crippen molar-refractivity contribution in [1.82, 2.24) is 9.78 Å². The second kappa shape index (κ2) is 7.33. The maximum atomic E-state index is 12.8. The Hall–Kier alpha value is -2.24. The third-order valence-corrected chi connectivity index (χ3v) is 5.65. The molecule has 0 unspecified atom stereocenters. The Bertz CT molecular complexity index is 860. The normalized spacial score (nSPS) is 12.3. The van der Waals surface area contributed by atoms with Gasteiger partial charge in [0.05, 0.1) is 16.8 Å². The van der Waals surface area contributed by atoms with E-state index in [4.69, 9.17) is 5.73 Å². The van der Waals surface area contributed by atoms with Crippen LogP contribution in [-0.2, 0) is 7.05 Å². The summed E-state index contributed by atoms with van der Waals surface area (Å²) in [6.07, 6.45) is 2.29. The monoisotopic (exact) mass is 353 g/mol. The van der Waals surface area contributed by atoms with Gasteiger partial charge in [-0.2, -0.15) is 5.10 Å². The molecule has 1 atom stereocenters. The number of hydrogen-bond donors (Lipinski definition) is 1. The minimum atomic E-state index is 0.0537. The molecule has 3 aromatic rings. The lowest BCUT2D eigenvalue weighted by molar-refractivity contribution is 0.0978. The molecule has 0 aliphatic rings. The maximum Gasteiger partial charge on any atom is 0.173 e. The molecule has 5 heteroatoms. The molecule has 0 amide bonds. The van der Waals surface area contributed by atoms with E-state index in [0.717, 1.165) is 32.1 Å². The molecular formula is C20H23N3OS. The average Bonchev–Trinajstić information content (AvgIpc) is 3.15. The van der Waals surface area contributed by atoms with Gasteiger partial charge >= 0.3 is 0 Å². The molecule has 0 aliphatic carbocycles. The highest BCUT2D eigenvalue weighted by Gasteiger charge is 2.20. The van der Waals surface area contributed by atoms with Crippen LogP contribution in [0.1, 0.15) is 38.0 Å². The fourth-order valence-electron chi connectivity index (χ4n) is 3.18. The molecule has 3 rings (SSSR count). The SMILES string of the molecule is Cc1cnn(C)c1-c1cc(C(=O)C[C@H](CN)c2ccccc2)sc1C. The van der Waals surface area contributed by atoms with Crippen LogP contribution < -0.4 is 5.73 Å². The van der Waals surface area contributed by atoms with Crippen molar-refractivity contribution in [3.63, 3.8) is 0 Å². The number of carbonyl (C=O) groups is 1. The van der Waals surface area contributed by atoms with Gasteiger partial charge in [-0.1, -0.05) is 30.3 Å². The molecule has 0 radical (unpaired) electrons. The van der Waals surface area contributed by atoms with Crippen LogP contribution in [-0.4, -0.2) is 22.1 Å². The van der Waals surface area contributed by atoms with Crippen LogP contribution in [0.3, 0.4) is 0 Å². The van der Waals surface area contributed by atoms with E-state index in [1.165, 1.54) is 0 Å². The summed E-state index contributed by atoms with van der Waals surface area (Å²) in [6, 6.07) is 12.0. The molecule has 0 bridgehead atoms. The van der Waals surface area contributed by atoms with Crippen molar-refractivity contribution in [2.24, 2.45) is 12.8 Å². The molecule has 2 N–H and O–H groups in total. The van der Waals surface area contributed by atoms with E-state index in [1.54, 1.807) is 11.3 Å². The highest BCUT2D eigenvalue weighted by atomic mass is 32.1. The van der Waals surface area contributed by atoms with Gasteiger partial charge in [0.25, 0.3) is 0 Å². The lowest BCUT2D eigenvalue weighted by Gasteiger charge is -2.13. The summed E-state index contributed by atoms with van der Waals surface area (Å²) in [6.45, 7) is 4.56. The van der Waals surface area contributed by atoms with Crippen molar-refractivity contribution >= 4 is 17.1 Å². The molecule has 2 aromatic heterocycles. The summed E-state index contributed by atoms with van der Waals surface area (Å²) >= 11 is 1.55. The second-order valence-corrected chi connectivity index (χ2v) is 7.61. The number of thiophene rings is 1. The van der Waals surface area contributed by atoms with E-state index in [9.17, 15) is 4.79 Å². The number of carbonyl (C=O) groups excluding carboxylic acids is 1. The van der Waals surface area contributed by atoms with Gasteiger partial charge in [-0.25, -0.2) is 0 Å². The van der Waals surface area contributed by atoms with Gasteiger partial charge in [-0.3, -0.25) is 9.48 Å². The highest BCUT2D eigenvalue weighted by Crippen LogP contribution is 2.34. The molecule has 0 fully saturated rings. The summed E-state index contributed by atoms with van der Waals surface area (Å²) in [4.78, 5) is 14.8. The van der Waals surface area contributed by atoms with E-state index in [2.05, 4.69) is 12.0 Å². The van der Waals surface area contributed by atoms with Crippen LogP contribution in [0.2, 0.25) is 0 Å². The first-order valence-corrected chi connectivity index (χ1v) is 9.20. The summed E-state index contributed by atoms with van der Waals surface area (Å²) in [7, 11) is 1.93. The Kier molecular flexibility index (Phi) is 5.16. The number of hydrogen-bond acceptors (Lipinski definition) is 4. The molecule has 25 heavy (non-hydrogen) atoms. The van der Waals surface area contributed by atoms with Gasteiger partial charge in [0.2, 0.25) is 0 Å². The van der Waals surface area contributed by atoms with Gasteiger partial charge in [0.15, 0.2) is 5.78 Å². The van der Waals surface area contributed by atoms with Gasteiger partial charge in [-0.15, -0.1) is 11.3 Å². The topological polar surface area (TPSA) is 60.9 Å². The third-order valence-electron chi connectivity index (χ3n) is 4.56.